The molecule has 0 aliphatic heterocycles. The number of carbonyl (C=O) groups excluding carboxylic acids is 1. The first-order chi connectivity index (χ1) is 12.5. The number of nitrogens with one attached hydrogen (secondary N) is 1. The number of phenols is 1. The zero-order chi connectivity index (χ0) is 18.9. The molecule has 26 heavy (non-hydrogen) atoms. The number of hydrogen-bond acceptors (Lipinski definition) is 5. The van der Waals surface area contributed by atoms with Gasteiger partial charge in [-0.2, -0.15) is 5.10 Å². The summed E-state index contributed by atoms with van der Waals surface area (Å²) in [4.78, 5) is 12.2. The van der Waals surface area contributed by atoms with Crippen LogP contribution in [0.4, 0.5) is 0 Å². The molecular formula is C20H24N2O4. The fourth-order valence-corrected chi connectivity index (χ4v) is 2.15. The van der Waals surface area contributed by atoms with Gasteiger partial charge >= 0.3 is 0 Å². The minimum atomic E-state index is -0.385. The van der Waals surface area contributed by atoms with Crippen molar-refractivity contribution >= 4 is 12.1 Å². The molecule has 2 aromatic carbocycles. The first-order valence-corrected chi connectivity index (χ1v) is 8.43. The number of ether oxygens (including phenoxy) is 2. The number of nitrogens with zero attached hydrogens (tertiary/aromatic N) is 1. The maximum absolute atomic E-state index is 12.2. The SMILES string of the molecule is COc1cc(C(=O)N/N=C/c2ccccc2O)ccc1OCCC(C)C. The maximum atomic E-state index is 12.2. The van der Waals surface area contributed by atoms with E-state index in [-0.39, 0.29) is 11.7 Å². The number of benzene rings is 2. The van der Waals surface area contributed by atoms with Crippen molar-refractivity contribution in [3.63, 3.8) is 0 Å². The number of rotatable bonds is 8. The Kier molecular flexibility index (Phi) is 7.02. The number of amides is 1. The first kappa shape index (κ1) is 19.3. The molecular weight excluding hydrogens is 332 g/mol. The van der Waals surface area contributed by atoms with Crippen molar-refractivity contribution in [1.82, 2.24) is 5.43 Å². The Balaban J connectivity index is 2.01. The van der Waals surface area contributed by atoms with E-state index in [9.17, 15) is 9.90 Å². The van der Waals surface area contributed by atoms with Gasteiger partial charge in [-0.1, -0.05) is 26.0 Å². The van der Waals surface area contributed by atoms with Crippen LogP contribution in [-0.2, 0) is 0 Å². The summed E-state index contributed by atoms with van der Waals surface area (Å²) < 4.78 is 11.0. The van der Waals surface area contributed by atoms with Gasteiger partial charge in [0.25, 0.3) is 5.91 Å². The normalized spacial score (nSPS) is 10.9. The molecule has 0 radical (unpaired) electrons. The van der Waals surface area contributed by atoms with Gasteiger partial charge in [-0.3, -0.25) is 4.79 Å². The van der Waals surface area contributed by atoms with Gasteiger partial charge in [0, 0.05) is 11.1 Å². The number of hydrazone groups is 1. The Bertz CT molecular complexity index is 772. The molecule has 0 bridgehead atoms. The summed E-state index contributed by atoms with van der Waals surface area (Å²) in [6, 6.07) is 11.7. The minimum absolute atomic E-state index is 0.0927. The average molecular weight is 356 g/mol. The van der Waals surface area contributed by atoms with Crippen molar-refractivity contribution in [3.8, 4) is 17.2 Å². The molecule has 0 atom stereocenters. The Morgan fingerprint density at radius 2 is 2.00 bits per heavy atom. The lowest BCUT2D eigenvalue weighted by molar-refractivity contribution is 0.0954. The topological polar surface area (TPSA) is 80.2 Å². The van der Waals surface area contributed by atoms with E-state index in [2.05, 4.69) is 24.4 Å². The zero-order valence-electron chi connectivity index (χ0n) is 15.2. The molecule has 138 valence electrons. The van der Waals surface area contributed by atoms with Crippen LogP contribution in [0.25, 0.3) is 0 Å². The lowest BCUT2D eigenvalue weighted by Gasteiger charge is -2.12. The molecule has 0 saturated carbocycles. The third-order valence-corrected chi connectivity index (χ3v) is 3.69. The van der Waals surface area contributed by atoms with Crippen LogP contribution in [0.15, 0.2) is 47.6 Å². The van der Waals surface area contributed by atoms with Crippen LogP contribution < -0.4 is 14.9 Å². The van der Waals surface area contributed by atoms with E-state index in [1.807, 2.05) is 0 Å². The van der Waals surface area contributed by atoms with E-state index < -0.39 is 0 Å². The standard InChI is InChI=1S/C20H24N2O4/c1-14(2)10-11-26-18-9-8-15(12-19(18)25-3)20(24)22-21-13-16-6-4-5-7-17(16)23/h4-9,12-14,23H,10-11H2,1-3H3,(H,22,24)/b21-13+. The van der Waals surface area contributed by atoms with Gasteiger partial charge in [-0.05, 0) is 42.7 Å². The number of phenolic OH excluding ortho intramolecular Hbond substituents is 1. The quantitative estimate of drug-likeness (QED) is 0.559. The van der Waals surface area contributed by atoms with Gasteiger partial charge in [0.15, 0.2) is 11.5 Å². The van der Waals surface area contributed by atoms with Gasteiger partial charge < -0.3 is 14.6 Å². The summed E-state index contributed by atoms with van der Waals surface area (Å²) in [6.07, 6.45) is 2.32. The van der Waals surface area contributed by atoms with Crippen molar-refractivity contribution in [2.45, 2.75) is 20.3 Å². The Labute approximate surface area is 153 Å². The Morgan fingerprint density at radius 3 is 2.69 bits per heavy atom. The molecule has 0 aliphatic carbocycles. The highest BCUT2D eigenvalue weighted by atomic mass is 16.5. The fraction of sp³-hybridized carbons (Fsp3) is 0.300. The summed E-state index contributed by atoms with van der Waals surface area (Å²) in [5.41, 5.74) is 3.34. The van der Waals surface area contributed by atoms with Gasteiger partial charge in [0.2, 0.25) is 0 Å². The van der Waals surface area contributed by atoms with E-state index in [0.29, 0.717) is 35.2 Å². The van der Waals surface area contributed by atoms with Crippen LogP contribution in [0.1, 0.15) is 36.2 Å². The second-order valence-corrected chi connectivity index (χ2v) is 6.15. The molecule has 2 N–H and O–H groups in total. The van der Waals surface area contributed by atoms with Gasteiger partial charge in [0.05, 0.1) is 19.9 Å². The van der Waals surface area contributed by atoms with Crippen molar-refractivity contribution < 1.29 is 19.4 Å². The van der Waals surface area contributed by atoms with Crippen LogP contribution in [0.5, 0.6) is 17.2 Å². The van der Waals surface area contributed by atoms with Crippen LogP contribution in [0, 0.1) is 5.92 Å². The van der Waals surface area contributed by atoms with Crippen LogP contribution in [0.3, 0.4) is 0 Å². The van der Waals surface area contributed by atoms with E-state index in [0.717, 1.165) is 6.42 Å². The molecule has 1 amide bonds. The summed E-state index contributed by atoms with van der Waals surface area (Å²) >= 11 is 0. The molecule has 6 nitrogen and oxygen atoms in total. The molecule has 2 rings (SSSR count). The van der Waals surface area contributed by atoms with Crippen molar-refractivity contribution in [3.05, 3.63) is 53.6 Å². The third kappa shape index (κ3) is 5.51. The number of methoxy groups -OCH3 is 1. The molecule has 0 unspecified atom stereocenters. The van der Waals surface area contributed by atoms with E-state index in [1.54, 1.807) is 42.5 Å². The highest BCUT2D eigenvalue weighted by Crippen LogP contribution is 2.28. The molecule has 0 saturated heterocycles. The molecule has 0 spiro atoms. The molecule has 2 aromatic rings. The average Bonchev–Trinajstić information content (AvgIpc) is 2.63. The van der Waals surface area contributed by atoms with Gasteiger partial charge in [-0.25, -0.2) is 5.43 Å². The predicted molar refractivity (Wildman–Crippen MR) is 101 cm³/mol. The fourth-order valence-electron chi connectivity index (χ4n) is 2.15. The number of carbonyl (C=O) groups is 1. The molecule has 6 heteroatoms. The smallest absolute Gasteiger partial charge is 0.271 e. The number of para-hydroxylation sites is 1. The van der Waals surface area contributed by atoms with E-state index in [4.69, 9.17) is 9.47 Å². The third-order valence-electron chi connectivity index (χ3n) is 3.69. The summed E-state index contributed by atoms with van der Waals surface area (Å²) in [5, 5.41) is 13.5. The lowest BCUT2D eigenvalue weighted by Crippen LogP contribution is -2.17. The number of hydrogen-bond donors (Lipinski definition) is 2. The van der Waals surface area contributed by atoms with Crippen LogP contribution in [-0.4, -0.2) is 30.9 Å². The van der Waals surface area contributed by atoms with E-state index >= 15 is 0 Å². The largest absolute Gasteiger partial charge is 0.507 e. The van der Waals surface area contributed by atoms with Crippen LogP contribution in [0.2, 0.25) is 0 Å². The summed E-state index contributed by atoms with van der Waals surface area (Å²) in [7, 11) is 1.53. The van der Waals surface area contributed by atoms with Crippen LogP contribution >= 0.6 is 0 Å². The van der Waals surface area contributed by atoms with E-state index in [1.165, 1.54) is 13.3 Å². The summed E-state index contributed by atoms with van der Waals surface area (Å²) in [5.74, 6) is 1.35. The van der Waals surface area contributed by atoms with Gasteiger partial charge in [0.1, 0.15) is 5.75 Å². The van der Waals surface area contributed by atoms with Crippen molar-refractivity contribution in [1.29, 1.82) is 0 Å². The highest BCUT2D eigenvalue weighted by molar-refractivity contribution is 5.95. The molecule has 0 fully saturated rings. The van der Waals surface area contributed by atoms with Gasteiger partial charge in [-0.15, -0.1) is 0 Å². The second-order valence-electron chi connectivity index (χ2n) is 6.15. The summed E-state index contributed by atoms with van der Waals surface area (Å²) in [6.45, 7) is 4.85. The number of aromatic hydroxyl groups is 1. The molecule has 0 aliphatic rings. The zero-order valence-corrected chi connectivity index (χ0v) is 15.2. The second kappa shape index (κ2) is 9.46. The monoisotopic (exact) mass is 356 g/mol. The predicted octanol–water partition coefficient (Wildman–Crippen LogP) is 3.59. The van der Waals surface area contributed by atoms with Crippen molar-refractivity contribution in [2.75, 3.05) is 13.7 Å². The highest BCUT2D eigenvalue weighted by Gasteiger charge is 2.11. The Morgan fingerprint density at radius 1 is 1.23 bits per heavy atom. The molecule has 0 heterocycles. The van der Waals surface area contributed by atoms with Crippen molar-refractivity contribution in [2.24, 2.45) is 11.0 Å². The lowest BCUT2D eigenvalue weighted by atomic mass is 10.1. The molecule has 0 aromatic heterocycles. The minimum Gasteiger partial charge on any atom is -0.507 e. The first-order valence-electron chi connectivity index (χ1n) is 8.43. The Hall–Kier alpha value is -3.02. The maximum Gasteiger partial charge on any atom is 0.271 e.